The molecule has 6 nitrogen and oxygen atoms in total. The van der Waals surface area contributed by atoms with Crippen LogP contribution < -0.4 is 0 Å². The molecule has 6 heteroatoms. The lowest BCUT2D eigenvalue weighted by Crippen LogP contribution is -2.31. The summed E-state index contributed by atoms with van der Waals surface area (Å²) in [6.07, 6.45) is 1.95. The van der Waals surface area contributed by atoms with Crippen molar-refractivity contribution < 1.29 is 14.7 Å². The van der Waals surface area contributed by atoms with Gasteiger partial charge in [0.2, 0.25) is 5.91 Å². The Kier molecular flexibility index (Phi) is 6.84. The van der Waals surface area contributed by atoms with Gasteiger partial charge < -0.3 is 10.0 Å². The fourth-order valence-corrected chi connectivity index (χ4v) is 0.950. The Morgan fingerprint density at radius 1 is 1.12 bits per heavy atom. The van der Waals surface area contributed by atoms with E-state index in [1.165, 1.54) is 4.90 Å². The molecule has 0 aromatic heterocycles. The predicted octanol–water partition coefficient (Wildman–Crippen LogP) is 0.283. The molecule has 0 aliphatic carbocycles. The molecular weight excluding hydrogens is 210 g/mol. The molecule has 0 aliphatic heterocycles. The molecule has 0 aromatic carbocycles. The molecule has 0 saturated carbocycles. The summed E-state index contributed by atoms with van der Waals surface area (Å²) in [4.78, 5) is 22.9. The molecule has 0 aliphatic rings. The van der Waals surface area contributed by atoms with E-state index < -0.39 is 11.9 Å². The first-order chi connectivity index (χ1) is 7.61. The highest BCUT2D eigenvalue weighted by Gasteiger charge is 2.09. The Balaban J connectivity index is 4.38. The number of rotatable bonds is 6. The third-order valence-corrected chi connectivity index (χ3v) is 1.67. The fourth-order valence-electron chi connectivity index (χ4n) is 0.950. The topological polar surface area (TPSA) is 105 Å². The Labute approximate surface area is 93.0 Å². The molecule has 0 atom stereocenters. The van der Waals surface area contributed by atoms with Crippen LogP contribution >= 0.6 is 0 Å². The molecule has 0 unspecified atom stereocenters. The standard InChI is InChI=1S/C10H11N3O3/c11-5-1-7-13(8-2-6-12)9(14)3-4-10(15)16/h3-4H,1-2,7-8H2,(H,15,16)/b4-3-. The van der Waals surface area contributed by atoms with Crippen molar-refractivity contribution in [3.8, 4) is 12.1 Å². The highest BCUT2D eigenvalue weighted by atomic mass is 16.4. The summed E-state index contributed by atoms with van der Waals surface area (Å²) in [5.74, 6) is -1.72. The number of carboxylic acids is 1. The minimum absolute atomic E-state index is 0.151. The van der Waals surface area contributed by atoms with Gasteiger partial charge >= 0.3 is 5.97 Å². The Bertz CT molecular complexity index is 344. The van der Waals surface area contributed by atoms with Gasteiger partial charge in [-0.2, -0.15) is 10.5 Å². The van der Waals surface area contributed by atoms with Crippen LogP contribution in [0.4, 0.5) is 0 Å². The molecule has 1 amide bonds. The van der Waals surface area contributed by atoms with Gasteiger partial charge in [0, 0.05) is 25.2 Å². The predicted molar refractivity (Wildman–Crippen MR) is 53.8 cm³/mol. The highest BCUT2D eigenvalue weighted by Crippen LogP contribution is 1.96. The van der Waals surface area contributed by atoms with Crippen LogP contribution in [0.2, 0.25) is 0 Å². The lowest BCUT2D eigenvalue weighted by molar-refractivity contribution is -0.132. The second-order valence-corrected chi connectivity index (χ2v) is 2.81. The van der Waals surface area contributed by atoms with Crippen LogP contribution in [0.3, 0.4) is 0 Å². The Morgan fingerprint density at radius 3 is 2.00 bits per heavy atom. The van der Waals surface area contributed by atoms with Crippen LogP contribution in [0, 0.1) is 22.7 Å². The van der Waals surface area contributed by atoms with Gasteiger partial charge in [-0.3, -0.25) is 4.79 Å². The first-order valence-electron chi connectivity index (χ1n) is 4.55. The second kappa shape index (κ2) is 8.01. The molecule has 0 radical (unpaired) electrons. The maximum Gasteiger partial charge on any atom is 0.328 e. The number of nitriles is 2. The smallest absolute Gasteiger partial charge is 0.328 e. The van der Waals surface area contributed by atoms with Gasteiger partial charge in [-0.15, -0.1) is 0 Å². The molecule has 1 N–H and O–H groups in total. The van der Waals surface area contributed by atoms with Crippen LogP contribution in [0.5, 0.6) is 0 Å². The van der Waals surface area contributed by atoms with Gasteiger partial charge in [-0.25, -0.2) is 4.79 Å². The summed E-state index contributed by atoms with van der Waals surface area (Å²) >= 11 is 0. The van der Waals surface area contributed by atoms with Crippen molar-refractivity contribution in [1.29, 1.82) is 10.5 Å². The number of nitrogens with zero attached hydrogens (tertiary/aromatic N) is 3. The average Bonchev–Trinajstić information content (AvgIpc) is 2.26. The fraction of sp³-hybridized carbons (Fsp3) is 0.400. The molecule has 0 heterocycles. The zero-order chi connectivity index (χ0) is 12.4. The molecule has 0 spiro atoms. The minimum atomic E-state index is -1.21. The van der Waals surface area contributed by atoms with Crippen molar-refractivity contribution in [1.82, 2.24) is 4.90 Å². The third-order valence-electron chi connectivity index (χ3n) is 1.67. The second-order valence-electron chi connectivity index (χ2n) is 2.81. The molecular formula is C10H11N3O3. The van der Waals surface area contributed by atoms with E-state index in [1.807, 2.05) is 12.1 Å². The molecule has 16 heavy (non-hydrogen) atoms. The van der Waals surface area contributed by atoms with Crippen molar-refractivity contribution in [3.63, 3.8) is 0 Å². The Hall–Kier alpha value is -2.34. The van der Waals surface area contributed by atoms with Gasteiger partial charge in [0.1, 0.15) is 0 Å². The van der Waals surface area contributed by atoms with Crippen LogP contribution in [-0.4, -0.2) is 35.0 Å². The number of aliphatic carboxylic acids is 1. The molecule has 0 saturated heterocycles. The number of hydrogen-bond donors (Lipinski definition) is 1. The van der Waals surface area contributed by atoms with Gasteiger partial charge in [-0.1, -0.05) is 0 Å². The summed E-state index contributed by atoms with van der Waals surface area (Å²) in [6, 6.07) is 3.75. The van der Waals surface area contributed by atoms with E-state index in [0.717, 1.165) is 12.2 Å². The van der Waals surface area contributed by atoms with Crippen molar-refractivity contribution in [2.45, 2.75) is 12.8 Å². The summed E-state index contributed by atoms with van der Waals surface area (Å²) in [5, 5.41) is 25.1. The number of amides is 1. The lowest BCUT2D eigenvalue weighted by atomic mass is 10.3. The Morgan fingerprint density at radius 2 is 1.62 bits per heavy atom. The summed E-state index contributed by atoms with van der Waals surface area (Å²) in [5.41, 5.74) is 0. The van der Waals surface area contributed by atoms with Gasteiger partial charge in [0.25, 0.3) is 0 Å². The van der Waals surface area contributed by atoms with Gasteiger partial charge in [0.05, 0.1) is 25.0 Å². The molecule has 84 valence electrons. The highest BCUT2D eigenvalue weighted by molar-refractivity contribution is 5.93. The largest absolute Gasteiger partial charge is 0.478 e. The zero-order valence-electron chi connectivity index (χ0n) is 8.59. The SMILES string of the molecule is N#CCCN(CCC#N)C(=O)/C=C\C(=O)O. The first-order valence-corrected chi connectivity index (χ1v) is 4.55. The lowest BCUT2D eigenvalue weighted by Gasteiger charge is -2.17. The number of carbonyl (C=O) groups excluding carboxylic acids is 1. The monoisotopic (exact) mass is 221 g/mol. The summed E-state index contributed by atoms with van der Waals surface area (Å²) in [7, 11) is 0. The maximum atomic E-state index is 11.4. The van der Waals surface area contributed by atoms with E-state index >= 15 is 0 Å². The normalized spacial score (nSPS) is 9.38. The van der Waals surface area contributed by atoms with E-state index in [-0.39, 0.29) is 25.9 Å². The number of hydrogen-bond acceptors (Lipinski definition) is 4. The third kappa shape index (κ3) is 6.17. The van der Waals surface area contributed by atoms with Crippen molar-refractivity contribution in [2.75, 3.05) is 13.1 Å². The van der Waals surface area contributed by atoms with Crippen molar-refractivity contribution in [3.05, 3.63) is 12.2 Å². The summed E-state index contributed by atoms with van der Waals surface area (Å²) < 4.78 is 0. The van der Waals surface area contributed by atoms with E-state index in [0.29, 0.717) is 0 Å². The average molecular weight is 221 g/mol. The molecule has 0 rings (SSSR count). The summed E-state index contributed by atoms with van der Waals surface area (Å²) in [6.45, 7) is 0.391. The molecule has 0 bridgehead atoms. The van der Waals surface area contributed by atoms with Crippen LogP contribution in [-0.2, 0) is 9.59 Å². The number of carbonyl (C=O) groups is 2. The van der Waals surface area contributed by atoms with Crippen LogP contribution in [0.1, 0.15) is 12.8 Å². The van der Waals surface area contributed by atoms with Gasteiger partial charge in [0.15, 0.2) is 0 Å². The van der Waals surface area contributed by atoms with E-state index in [4.69, 9.17) is 15.6 Å². The van der Waals surface area contributed by atoms with Crippen molar-refractivity contribution >= 4 is 11.9 Å². The quantitative estimate of drug-likeness (QED) is 0.648. The maximum absolute atomic E-state index is 11.4. The van der Waals surface area contributed by atoms with Crippen LogP contribution in [0.15, 0.2) is 12.2 Å². The first kappa shape index (κ1) is 13.7. The van der Waals surface area contributed by atoms with Crippen molar-refractivity contribution in [2.24, 2.45) is 0 Å². The molecule has 0 fully saturated rings. The van der Waals surface area contributed by atoms with E-state index in [2.05, 4.69) is 0 Å². The molecule has 0 aromatic rings. The van der Waals surface area contributed by atoms with E-state index in [9.17, 15) is 9.59 Å². The van der Waals surface area contributed by atoms with E-state index in [1.54, 1.807) is 0 Å². The van der Waals surface area contributed by atoms with Gasteiger partial charge in [-0.05, 0) is 0 Å². The number of carboxylic acid groups (broad SMARTS) is 1. The minimum Gasteiger partial charge on any atom is -0.478 e. The zero-order valence-corrected chi connectivity index (χ0v) is 8.59. The van der Waals surface area contributed by atoms with Crippen LogP contribution in [0.25, 0.3) is 0 Å².